The van der Waals surface area contributed by atoms with Crippen LogP contribution in [0.4, 0.5) is 0 Å². The molecule has 1 heterocycles. The Morgan fingerprint density at radius 2 is 1.81 bits per heavy atom. The monoisotopic (exact) mass is 277 g/mol. The van der Waals surface area contributed by atoms with Crippen LogP contribution in [0.25, 0.3) is 10.8 Å². The second kappa shape index (κ2) is 5.66. The van der Waals surface area contributed by atoms with E-state index in [1.807, 2.05) is 49.5 Å². The molecule has 0 saturated heterocycles. The Morgan fingerprint density at radius 1 is 1.00 bits per heavy atom. The molecular formula is C19H19NO. The second-order valence-electron chi connectivity index (χ2n) is 5.45. The van der Waals surface area contributed by atoms with Crippen LogP contribution in [0, 0.1) is 0 Å². The van der Waals surface area contributed by atoms with E-state index in [-0.39, 0.29) is 0 Å². The van der Waals surface area contributed by atoms with Crippen molar-refractivity contribution in [3.05, 3.63) is 78.1 Å². The molecule has 0 spiro atoms. The third-order valence-electron chi connectivity index (χ3n) is 4.11. The van der Waals surface area contributed by atoms with Crippen LogP contribution in [0.3, 0.4) is 0 Å². The Hall–Kier alpha value is -2.19. The van der Waals surface area contributed by atoms with Gasteiger partial charge in [0, 0.05) is 24.2 Å². The molecule has 0 amide bonds. The van der Waals surface area contributed by atoms with E-state index in [0.29, 0.717) is 12.8 Å². The van der Waals surface area contributed by atoms with Crippen molar-refractivity contribution in [3.63, 3.8) is 0 Å². The summed E-state index contributed by atoms with van der Waals surface area (Å²) in [6, 6.07) is 18.2. The van der Waals surface area contributed by atoms with Crippen LogP contribution in [0.2, 0.25) is 0 Å². The van der Waals surface area contributed by atoms with Gasteiger partial charge in [-0.2, -0.15) is 0 Å². The lowest BCUT2D eigenvalue weighted by molar-refractivity contribution is 0.0342. The van der Waals surface area contributed by atoms with Gasteiger partial charge in [-0.25, -0.2) is 0 Å². The largest absolute Gasteiger partial charge is 0.385 e. The van der Waals surface area contributed by atoms with Gasteiger partial charge in [-0.05, 0) is 29.0 Å². The maximum Gasteiger partial charge on any atom is 0.0940 e. The zero-order chi connectivity index (χ0) is 14.7. The van der Waals surface area contributed by atoms with Crippen molar-refractivity contribution in [1.82, 2.24) is 4.98 Å². The average Bonchev–Trinajstić information content (AvgIpc) is 2.55. The molecule has 3 aromatic rings. The van der Waals surface area contributed by atoms with E-state index in [9.17, 15) is 5.11 Å². The molecule has 0 bridgehead atoms. The molecule has 2 nitrogen and oxygen atoms in total. The molecule has 3 rings (SSSR count). The maximum atomic E-state index is 11.2. The van der Waals surface area contributed by atoms with Crippen LogP contribution in [-0.4, -0.2) is 10.1 Å². The molecule has 0 fully saturated rings. The van der Waals surface area contributed by atoms with Crippen molar-refractivity contribution in [1.29, 1.82) is 0 Å². The minimum atomic E-state index is -0.871. The van der Waals surface area contributed by atoms with Crippen molar-refractivity contribution < 1.29 is 5.11 Å². The summed E-state index contributed by atoms with van der Waals surface area (Å²) in [5.74, 6) is 0. The van der Waals surface area contributed by atoms with Crippen LogP contribution in [0.1, 0.15) is 24.5 Å². The SMILES string of the molecule is CCC(O)(Cc1ccccc1)c1cccc2ccncc12. The topological polar surface area (TPSA) is 33.1 Å². The fourth-order valence-electron chi connectivity index (χ4n) is 2.86. The fraction of sp³-hybridized carbons (Fsp3) is 0.211. The second-order valence-corrected chi connectivity index (χ2v) is 5.45. The Labute approximate surface area is 125 Å². The molecule has 1 atom stereocenters. The van der Waals surface area contributed by atoms with E-state index >= 15 is 0 Å². The highest BCUT2D eigenvalue weighted by Gasteiger charge is 2.29. The summed E-state index contributed by atoms with van der Waals surface area (Å²) in [6.45, 7) is 2.03. The molecule has 1 N–H and O–H groups in total. The summed E-state index contributed by atoms with van der Waals surface area (Å²) in [7, 11) is 0. The van der Waals surface area contributed by atoms with Gasteiger partial charge in [0.2, 0.25) is 0 Å². The minimum Gasteiger partial charge on any atom is -0.385 e. The van der Waals surface area contributed by atoms with Gasteiger partial charge < -0.3 is 5.11 Å². The highest BCUT2D eigenvalue weighted by Crippen LogP contribution is 2.33. The molecule has 2 heteroatoms. The van der Waals surface area contributed by atoms with Crippen molar-refractivity contribution in [3.8, 4) is 0 Å². The predicted octanol–water partition coefficient (Wildman–Crippen LogP) is 4.08. The molecule has 106 valence electrons. The number of aromatic nitrogens is 1. The highest BCUT2D eigenvalue weighted by atomic mass is 16.3. The lowest BCUT2D eigenvalue weighted by Gasteiger charge is -2.29. The van der Waals surface area contributed by atoms with E-state index in [1.54, 1.807) is 6.20 Å². The highest BCUT2D eigenvalue weighted by molar-refractivity contribution is 5.85. The molecule has 0 radical (unpaired) electrons. The van der Waals surface area contributed by atoms with Crippen LogP contribution in [0.15, 0.2) is 67.0 Å². The van der Waals surface area contributed by atoms with Gasteiger partial charge in [0.05, 0.1) is 5.60 Å². The van der Waals surface area contributed by atoms with E-state index in [0.717, 1.165) is 21.9 Å². The number of nitrogens with zero attached hydrogens (tertiary/aromatic N) is 1. The third-order valence-corrected chi connectivity index (χ3v) is 4.11. The molecule has 0 aliphatic rings. The fourth-order valence-corrected chi connectivity index (χ4v) is 2.86. The van der Waals surface area contributed by atoms with E-state index in [2.05, 4.69) is 23.2 Å². The van der Waals surface area contributed by atoms with Crippen LogP contribution < -0.4 is 0 Å². The van der Waals surface area contributed by atoms with Gasteiger partial charge in [-0.1, -0.05) is 55.5 Å². The molecule has 1 aromatic heterocycles. The summed E-state index contributed by atoms with van der Waals surface area (Å²) in [4.78, 5) is 4.22. The molecule has 0 aliphatic carbocycles. The first kappa shape index (κ1) is 13.8. The predicted molar refractivity (Wildman–Crippen MR) is 86.1 cm³/mol. The average molecular weight is 277 g/mol. The lowest BCUT2D eigenvalue weighted by atomic mass is 9.83. The van der Waals surface area contributed by atoms with Gasteiger partial charge in [0.1, 0.15) is 0 Å². The van der Waals surface area contributed by atoms with Crippen molar-refractivity contribution in [2.45, 2.75) is 25.4 Å². The number of rotatable bonds is 4. The van der Waals surface area contributed by atoms with Crippen molar-refractivity contribution in [2.75, 3.05) is 0 Å². The van der Waals surface area contributed by atoms with Crippen LogP contribution in [-0.2, 0) is 12.0 Å². The number of aliphatic hydroxyl groups is 1. The Balaban J connectivity index is 2.09. The minimum absolute atomic E-state index is 0.609. The first-order chi connectivity index (χ1) is 10.2. The van der Waals surface area contributed by atoms with Gasteiger partial charge in [-0.15, -0.1) is 0 Å². The summed E-state index contributed by atoms with van der Waals surface area (Å²) >= 11 is 0. The number of benzene rings is 2. The van der Waals surface area contributed by atoms with E-state index in [1.165, 1.54) is 0 Å². The molecule has 21 heavy (non-hydrogen) atoms. The van der Waals surface area contributed by atoms with E-state index < -0.39 is 5.60 Å². The lowest BCUT2D eigenvalue weighted by Crippen LogP contribution is -2.28. The molecule has 0 aliphatic heterocycles. The molecule has 2 aromatic carbocycles. The molecule has 0 saturated carbocycles. The van der Waals surface area contributed by atoms with Crippen molar-refractivity contribution >= 4 is 10.8 Å². The number of hydrogen-bond acceptors (Lipinski definition) is 2. The van der Waals surface area contributed by atoms with Crippen LogP contribution in [0.5, 0.6) is 0 Å². The zero-order valence-electron chi connectivity index (χ0n) is 12.2. The maximum absolute atomic E-state index is 11.2. The Kier molecular flexibility index (Phi) is 3.72. The van der Waals surface area contributed by atoms with Gasteiger partial charge in [-0.3, -0.25) is 4.98 Å². The molecule has 1 unspecified atom stereocenters. The quantitative estimate of drug-likeness (QED) is 0.779. The summed E-state index contributed by atoms with van der Waals surface area (Å²) in [5.41, 5.74) is 1.23. The van der Waals surface area contributed by atoms with Gasteiger partial charge >= 0.3 is 0 Å². The summed E-state index contributed by atoms with van der Waals surface area (Å²) in [5, 5.41) is 13.4. The summed E-state index contributed by atoms with van der Waals surface area (Å²) < 4.78 is 0. The number of hydrogen-bond donors (Lipinski definition) is 1. The van der Waals surface area contributed by atoms with Crippen molar-refractivity contribution in [2.24, 2.45) is 0 Å². The van der Waals surface area contributed by atoms with Gasteiger partial charge in [0.15, 0.2) is 0 Å². The normalized spacial score (nSPS) is 14.0. The standard InChI is InChI=1S/C19H19NO/c1-2-19(21,13-15-7-4-3-5-8-15)18-10-6-9-16-11-12-20-14-17(16)18/h3-12,14,21H,2,13H2,1H3. The Bertz CT molecular complexity index is 733. The zero-order valence-corrected chi connectivity index (χ0v) is 12.2. The smallest absolute Gasteiger partial charge is 0.0940 e. The van der Waals surface area contributed by atoms with E-state index in [4.69, 9.17) is 0 Å². The molecular weight excluding hydrogens is 258 g/mol. The Morgan fingerprint density at radius 3 is 2.57 bits per heavy atom. The first-order valence-corrected chi connectivity index (χ1v) is 7.32. The third kappa shape index (κ3) is 2.67. The number of fused-ring (bicyclic) bond motifs is 1. The van der Waals surface area contributed by atoms with Gasteiger partial charge in [0.25, 0.3) is 0 Å². The number of pyridine rings is 1. The summed E-state index contributed by atoms with van der Waals surface area (Å²) in [6.07, 6.45) is 4.90. The first-order valence-electron chi connectivity index (χ1n) is 7.32. The van der Waals surface area contributed by atoms with Crippen LogP contribution >= 0.6 is 0 Å².